The van der Waals surface area contributed by atoms with Gasteiger partial charge in [0.15, 0.2) is 0 Å². The Morgan fingerprint density at radius 3 is 2.50 bits per heavy atom. The van der Waals surface area contributed by atoms with E-state index >= 15 is 0 Å². The molecule has 0 saturated carbocycles. The zero-order valence-corrected chi connectivity index (χ0v) is 13.2. The van der Waals surface area contributed by atoms with Crippen LogP contribution in [0, 0.1) is 0 Å². The molecule has 1 aromatic carbocycles. The molecule has 0 aliphatic carbocycles. The molecule has 0 aliphatic rings. The Labute approximate surface area is 124 Å². The lowest BCUT2D eigenvalue weighted by atomic mass is 10.2. The van der Waals surface area contributed by atoms with Crippen molar-refractivity contribution in [2.75, 3.05) is 23.5 Å². The highest BCUT2D eigenvalue weighted by Crippen LogP contribution is 2.18. The molecule has 0 fully saturated rings. The first-order chi connectivity index (χ1) is 9.54. The minimum atomic E-state index is -2.89. The van der Waals surface area contributed by atoms with Gasteiger partial charge in [-0.1, -0.05) is 18.2 Å². The van der Waals surface area contributed by atoms with Crippen LogP contribution in [-0.4, -0.2) is 27.0 Å². The zero-order valence-electron chi connectivity index (χ0n) is 11.5. The maximum Gasteiger partial charge on any atom is 0.147 e. The van der Waals surface area contributed by atoms with Crippen LogP contribution in [-0.2, 0) is 16.4 Å². The first-order valence-electron chi connectivity index (χ1n) is 6.53. The number of hydrogen-bond donors (Lipinski definition) is 0. The van der Waals surface area contributed by atoms with Gasteiger partial charge in [-0.15, -0.1) is 0 Å². The summed E-state index contributed by atoms with van der Waals surface area (Å²) >= 11 is 1.68. The van der Waals surface area contributed by atoms with Crippen molar-refractivity contribution >= 4 is 26.9 Å². The monoisotopic (exact) mass is 309 g/mol. The largest absolute Gasteiger partial charge is 0.367 e. The fourth-order valence-corrected chi connectivity index (χ4v) is 3.37. The zero-order chi connectivity index (χ0) is 14.4. The molecule has 0 amide bonds. The first kappa shape index (κ1) is 15.1. The van der Waals surface area contributed by atoms with E-state index in [1.807, 2.05) is 18.2 Å². The summed E-state index contributed by atoms with van der Waals surface area (Å²) in [6, 6.07) is 12.2. The summed E-state index contributed by atoms with van der Waals surface area (Å²) in [5.41, 5.74) is 2.39. The summed E-state index contributed by atoms with van der Waals surface area (Å²) < 4.78 is 22.5. The molecule has 1 heterocycles. The Morgan fingerprint density at radius 2 is 1.90 bits per heavy atom. The van der Waals surface area contributed by atoms with Gasteiger partial charge in [0.05, 0.1) is 5.75 Å². The second kappa shape index (κ2) is 6.90. The SMILES string of the molecule is CS(=O)(=O)CCCN(Cc1ccsc1)c1ccccc1. The summed E-state index contributed by atoms with van der Waals surface area (Å²) in [5, 5.41) is 4.20. The van der Waals surface area contributed by atoms with E-state index in [2.05, 4.69) is 33.9 Å². The van der Waals surface area contributed by atoms with Crippen molar-refractivity contribution in [3.05, 3.63) is 52.7 Å². The molecule has 0 spiro atoms. The molecule has 2 aromatic rings. The molecule has 3 nitrogen and oxygen atoms in total. The second-order valence-electron chi connectivity index (χ2n) is 4.87. The van der Waals surface area contributed by atoms with Gasteiger partial charge in [-0.3, -0.25) is 0 Å². The molecule has 5 heteroatoms. The van der Waals surface area contributed by atoms with Crippen LogP contribution in [0.15, 0.2) is 47.2 Å². The highest BCUT2D eigenvalue weighted by atomic mass is 32.2. The van der Waals surface area contributed by atoms with Crippen LogP contribution in [0.2, 0.25) is 0 Å². The molecular formula is C15H19NO2S2. The number of thiophene rings is 1. The van der Waals surface area contributed by atoms with Crippen molar-refractivity contribution in [1.29, 1.82) is 0 Å². The van der Waals surface area contributed by atoms with Crippen LogP contribution in [0.3, 0.4) is 0 Å². The lowest BCUT2D eigenvalue weighted by molar-refractivity contribution is 0.598. The number of anilines is 1. The van der Waals surface area contributed by atoms with Gasteiger partial charge in [-0.2, -0.15) is 11.3 Å². The standard InChI is InChI=1S/C15H19NO2S2/c1-20(17,18)11-5-9-16(12-14-8-10-19-13-14)15-6-3-2-4-7-15/h2-4,6-8,10,13H,5,9,11-12H2,1H3. The normalized spacial score (nSPS) is 11.4. The minimum Gasteiger partial charge on any atom is -0.367 e. The molecule has 2 rings (SSSR count). The molecule has 0 unspecified atom stereocenters. The molecule has 0 radical (unpaired) electrons. The molecule has 0 N–H and O–H groups in total. The highest BCUT2D eigenvalue weighted by molar-refractivity contribution is 7.90. The molecule has 0 saturated heterocycles. The molecule has 20 heavy (non-hydrogen) atoms. The quantitative estimate of drug-likeness (QED) is 0.788. The summed E-state index contributed by atoms with van der Waals surface area (Å²) in [6.07, 6.45) is 1.94. The fraction of sp³-hybridized carbons (Fsp3) is 0.333. The lowest BCUT2D eigenvalue weighted by Gasteiger charge is -2.24. The van der Waals surface area contributed by atoms with Gasteiger partial charge in [-0.05, 0) is 40.9 Å². The Bertz CT molecular complexity index is 607. The third-order valence-electron chi connectivity index (χ3n) is 3.02. The molecule has 0 aliphatic heterocycles. The van der Waals surface area contributed by atoms with Gasteiger partial charge in [0.25, 0.3) is 0 Å². The topological polar surface area (TPSA) is 37.4 Å². The van der Waals surface area contributed by atoms with Crippen molar-refractivity contribution in [3.8, 4) is 0 Å². The van der Waals surface area contributed by atoms with Gasteiger partial charge in [0.1, 0.15) is 9.84 Å². The van der Waals surface area contributed by atoms with Crippen molar-refractivity contribution in [2.45, 2.75) is 13.0 Å². The molecule has 1 aromatic heterocycles. The van der Waals surface area contributed by atoms with E-state index in [9.17, 15) is 8.42 Å². The first-order valence-corrected chi connectivity index (χ1v) is 9.54. The van der Waals surface area contributed by atoms with Crippen molar-refractivity contribution in [1.82, 2.24) is 0 Å². The van der Waals surface area contributed by atoms with Crippen LogP contribution < -0.4 is 4.90 Å². The van der Waals surface area contributed by atoms with Gasteiger partial charge in [0.2, 0.25) is 0 Å². The smallest absolute Gasteiger partial charge is 0.147 e. The van der Waals surface area contributed by atoms with Crippen LogP contribution in [0.5, 0.6) is 0 Å². The summed E-state index contributed by atoms with van der Waals surface area (Å²) in [4.78, 5) is 2.23. The van der Waals surface area contributed by atoms with Crippen molar-refractivity contribution in [3.63, 3.8) is 0 Å². The summed E-state index contributed by atoms with van der Waals surface area (Å²) in [6.45, 7) is 1.56. The Morgan fingerprint density at radius 1 is 1.15 bits per heavy atom. The number of para-hydroxylation sites is 1. The van der Waals surface area contributed by atoms with E-state index in [0.29, 0.717) is 6.42 Å². The van der Waals surface area contributed by atoms with Gasteiger partial charge >= 0.3 is 0 Å². The predicted octanol–water partition coefficient (Wildman–Crippen LogP) is 3.19. The Balaban J connectivity index is 2.04. The van der Waals surface area contributed by atoms with Crippen LogP contribution in [0.4, 0.5) is 5.69 Å². The number of benzene rings is 1. The van der Waals surface area contributed by atoms with E-state index in [1.54, 1.807) is 11.3 Å². The molecule has 0 atom stereocenters. The Kier molecular flexibility index (Phi) is 5.20. The van der Waals surface area contributed by atoms with Crippen LogP contribution in [0.25, 0.3) is 0 Å². The van der Waals surface area contributed by atoms with Gasteiger partial charge < -0.3 is 4.90 Å². The molecule has 108 valence electrons. The minimum absolute atomic E-state index is 0.236. The van der Waals surface area contributed by atoms with Gasteiger partial charge in [-0.25, -0.2) is 8.42 Å². The Hall–Kier alpha value is -1.33. The molecular weight excluding hydrogens is 290 g/mol. The summed E-state index contributed by atoms with van der Waals surface area (Å²) in [5.74, 6) is 0.236. The third kappa shape index (κ3) is 4.98. The van der Waals surface area contributed by atoms with E-state index in [1.165, 1.54) is 11.8 Å². The van der Waals surface area contributed by atoms with Crippen LogP contribution >= 0.6 is 11.3 Å². The fourth-order valence-electron chi connectivity index (χ4n) is 2.06. The number of hydrogen-bond acceptors (Lipinski definition) is 4. The lowest BCUT2D eigenvalue weighted by Crippen LogP contribution is -2.25. The van der Waals surface area contributed by atoms with E-state index < -0.39 is 9.84 Å². The van der Waals surface area contributed by atoms with Crippen molar-refractivity contribution in [2.24, 2.45) is 0 Å². The van der Waals surface area contributed by atoms with E-state index in [0.717, 1.165) is 18.8 Å². The average molecular weight is 309 g/mol. The van der Waals surface area contributed by atoms with Crippen molar-refractivity contribution < 1.29 is 8.42 Å². The van der Waals surface area contributed by atoms with E-state index in [4.69, 9.17) is 0 Å². The van der Waals surface area contributed by atoms with Gasteiger partial charge in [0, 0.05) is 25.0 Å². The maximum absolute atomic E-state index is 11.2. The number of nitrogens with zero attached hydrogens (tertiary/aromatic N) is 1. The maximum atomic E-state index is 11.2. The van der Waals surface area contributed by atoms with Crippen LogP contribution in [0.1, 0.15) is 12.0 Å². The average Bonchev–Trinajstić information content (AvgIpc) is 2.90. The number of rotatable bonds is 7. The molecule has 0 bridgehead atoms. The third-order valence-corrected chi connectivity index (χ3v) is 4.78. The number of sulfone groups is 1. The second-order valence-corrected chi connectivity index (χ2v) is 7.91. The summed E-state index contributed by atoms with van der Waals surface area (Å²) in [7, 11) is -2.89. The van der Waals surface area contributed by atoms with E-state index in [-0.39, 0.29) is 5.75 Å². The highest BCUT2D eigenvalue weighted by Gasteiger charge is 2.09. The predicted molar refractivity (Wildman–Crippen MR) is 86.1 cm³/mol.